The minimum Gasteiger partial charge on any atom is -0.493 e. The van der Waals surface area contributed by atoms with Crippen molar-refractivity contribution in [3.05, 3.63) is 67.1 Å². The fourth-order valence-electron chi connectivity index (χ4n) is 2.65. The number of hydrogen-bond donors (Lipinski definition) is 1. The highest BCUT2D eigenvalue weighted by Crippen LogP contribution is 2.34. The van der Waals surface area contributed by atoms with Crippen molar-refractivity contribution < 1.29 is 9.47 Å². The molecule has 3 rings (SSSR count). The Kier molecular flexibility index (Phi) is 7.41. The molecule has 0 fully saturated rings. The van der Waals surface area contributed by atoms with Crippen LogP contribution in [0.3, 0.4) is 0 Å². The lowest BCUT2D eigenvalue weighted by Gasteiger charge is -2.13. The van der Waals surface area contributed by atoms with E-state index >= 15 is 0 Å². The van der Waals surface area contributed by atoms with Gasteiger partial charge in [-0.15, -0.1) is 0 Å². The Labute approximate surface area is 194 Å². The molecular formula is C20H19Cl3N4O2S. The van der Waals surface area contributed by atoms with Gasteiger partial charge in [-0.25, -0.2) is 0 Å². The summed E-state index contributed by atoms with van der Waals surface area (Å²) in [4.78, 5) is 0. The van der Waals surface area contributed by atoms with Gasteiger partial charge in [-0.2, -0.15) is 14.9 Å². The molecule has 0 bridgehead atoms. The Morgan fingerprint density at radius 1 is 1.17 bits per heavy atom. The van der Waals surface area contributed by atoms with Crippen LogP contribution in [-0.4, -0.2) is 28.2 Å². The third-order valence-corrected chi connectivity index (χ3v) is 5.67. The quantitative estimate of drug-likeness (QED) is 0.236. The van der Waals surface area contributed by atoms with Crippen LogP contribution in [0.4, 0.5) is 0 Å². The third kappa shape index (κ3) is 4.98. The summed E-state index contributed by atoms with van der Waals surface area (Å²) in [5.74, 6) is 1.99. The SMILES string of the molecule is COc1cc(C=Nn2c(C(C)C)n[nH]c2=S)ccc1OCc1c(Cl)ccc(Cl)c1Cl. The predicted molar refractivity (Wildman–Crippen MR) is 123 cm³/mol. The van der Waals surface area contributed by atoms with Crippen LogP contribution in [0.1, 0.15) is 36.7 Å². The van der Waals surface area contributed by atoms with Gasteiger partial charge < -0.3 is 9.47 Å². The largest absolute Gasteiger partial charge is 0.493 e. The first kappa shape index (κ1) is 22.6. The molecule has 0 amide bonds. The molecule has 0 radical (unpaired) electrons. The zero-order chi connectivity index (χ0) is 21.8. The van der Waals surface area contributed by atoms with Crippen molar-refractivity contribution in [2.45, 2.75) is 26.4 Å². The zero-order valence-corrected chi connectivity index (χ0v) is 19.5. The Morgan fingerprint density at radius 3 is 2.60 bits per heavy atom. The normalized spacial score (nSPS) is 11.4. The molecule has 10 heteroatoms. The van der Waals surface area contributed by atoms with Crippen molar-refractivity contribution in [3.63, 3.8) is 0 Å². The second-order valence-electron chi connectivity index (χ2n) is 6.62. The molecule has 1 aromatic heterocycles. The van der Waals surface area contributed by atoms with E-state index in [1.807, 2.05) is 19.9 Å². The van der Waals surface area contributed by atoms with E-state index < -0.39 is 0 Å². The molecule has 1 heterocycles. The summed E-state index contributed by atoms with van der Waals surface area (Å²) in [5, 5.41) is 12.7. The molecule has 0 aliphatic heterocycles. The molecule has 0 saturated carbocycles. The zero-order valence-electron chi connectivity index (χ0n) is 16.4. The molecule has 30 heavy (non-hydrogen) atoms. The molecule has 1 N–H and O–H groups in total. The fourth-order valence-corrected chi connectivity index (χ4v) is 3.49. The number of methoxy groups -OCH3 is 1. The molecule has 0 unspecified atom stereocenters. The van der Waals surface area contributed by atoms with E-state index in [9.17, 15) is 0 Å². The first-order valence-electron chi connectivity index (χ1n) is 8.96. The second kappa shape index (κ2) is 9.83. The monoisotopic (exact) mass is 484 g/mol. The van der Waals surface area contributed by atoms with Gasteiger partial charge in [0.1, 0.15) is 6.61 Å². The van der Waals surface area contributed by atoms with Crippen LogP contribution < -0.4 is 9.47 Å². The smallest absolute Gasteiger partial charge is 0.216 e. The van der Waals surface area contributed by atoms with E-state index in [-0.39, 0.29) is 12.5 Å². The number of nitrogens with zero attached hydrogens (tertiary/aromatic N) is 3. The maximum atomic E-state index is 6.24. The van der Waals surface area contributed by atoms with Crippen molar-refractivity contribution >= 4 is 53.2 Å². The average molecular weight is 486 g/mol. The molecule has 158 valence electrons. The lowest BCUT2D eigenvalue weighted by Crippen LogP contribution is -2.02. The highest BCUT2D eigenvalue weighted by atomic mass is 35.5. The number of aromatic nitrogens is 3. The van der Waals surface area contributed by atoms with Gasteiger partial charge in [0.15, 0.2) is 17.3 Å². The van der Waals surface area contributed by atoms with Crippen LogP contribution >= 0.6 is 47.0 Å². The Balaban J connectivity index is 1.82. The van der Waals surface area contributed by atoms with E-state index in [1.54, 1.807) is 42.3 Å². The minimum absolute atomic E-state index is 0.143. The molecule has 0 atom stereocenters. The predicted octanol–water partition coefficient (Wildman–Crippen LogP) is 6.49. The topological polar surface area (TPSA) is 64.4 Å². The number of rotatable bonds is 7. The van der Waals surface area contributed by atoms with Crippen molar-refractivity contribution in [1.82, 2.24) is 14.9 Å². The number of hydrogen-bond acceptors (Lipinski definition) is 5. The van der Waals surface area contributed by atoms with Crippen LogP contribution in [0.5, 0.6) is 11.5 Å². The van der Waals surface area contributed by atoms with Gasteiger partial charge in [-0.1, -0.05) is 48.7 Å². The number of halogens is 3. The van der Waals surface area contributed by atoms with Crippen LogP contribution in [0, 0.1) is 4.77 Å². The maximum absolute atomic E-state index is 6.24. The van der Waals surface area contributed by atoms with Crippen molar-refractivity contribution in [2.24, 2.45) is 5.10 Å². The fraction of sp³-hybridized carbons (Fsp3) is 0.250. The standard InChI is InChI=1S/C20H19Cl3N4O2S/c1-11(2)19-25-26-20(30)27(19)24-9-12-4-7-16(17(8-12)28-3)29-10-13-14(21)5-6-15(22)18(13)23/h4-9,11H,10H2,1-3H3,(H,26,30). The first-order valence-corrected chi connectivity index (χ1v) is 10.5. The minimum atomic E-state index is 0.143. The van der Waals surface area contributed by atoms with E-state index in [2.05, 4.69) is 15.3 Å². The summed E-state index contributed by atoms with van der Waals surface area (Å²) in [6, 6.07) is 8.75. The average Bonchev–Trinajstić information content (AvgIpc) is 3.10. The van der Waals surface area contributed by atoms with E-state index in [0.717, 1.165) is 11.4 Å². The van der Waals surface area contributed by atoms with Crippen LogP contribution in [0.2, 0.25) is 15.1 Å². The van der Waals surface area contributed by atoms with Crippen molar-refractivity contribution in [3.8, 4) is 11.5 Å². The van der Waals surface area contributed by atoms with E-state index in [0.29, 0.717) is 36.9 Å². The Morgan fingerprint density at radius 2 is 1.90 bits per heavy atom. The molecular weight excluding hydrogens is 467 g/mol. The van der Waals surface area contributed by atoms with Crippen LogP contribution in [-0.2, 0) is 6.61 Å². The van der Waals surface area contributed by atoms with Crippen LogP contribution in [0.25, 0.3) is 0 Å². The molecule has 0 aliphatic carbocycles. The summed E-state index contributed by atoms with van der Waals surface area (Å²) < 4.78 is 13.4. The summed E-state index contributed by atoms with van der Waals surface area (Å²) in [5.41, 5.74) is 1.41. The van der Waals surface area contributed by atoms with Gasteiger partial charge in [0, 0.05) is 16.5 Å². The van der Waals surface area contributed by atoms with Crippen molar-refractivity contribution in [1.29, 1.82) is 0 Å². The van der Waals surface area contributed by atoms with Gasteiger partial charge >= 0.3 is 0 Å². The number of ether oxygens (including phenoxy) is 2. The molecule has 6 nitrogen and oxygen atoms in total. The summed E-state index contributed by atoms with van der Waals surface area (Å²) in [6.07, 6.45) is 1.67. The lowest BCUT2D eigenvalue weighted by atomic mass is 10.2. The Hall–Kier alpha value is -2.06. The number of benzene rings is 2. The first-order chi connectivity index (χ1) is 14.3. The summed E-state index contributed by atoms with van der Waals surface area (Å²) >= 11 is 23.8. The maximum Gasteiger partial charge on any atom is 0.216 e. The van der Waals surface area contributed by atoms with E-state index in [1.165, 1.54) is 0 Å². The van der Waals surface area contributed by atoms with Crippen molar-refractivity contribution in [2.75, 3.05) is 7.11 Å². The number of nitrogens with one attached hydrogen (secondary N) is 1. The molecule has 0 saturated heterocycles. The number of aromatic amines is 1. The summed E-state index contributed by atoms with van der Waals surface area (Å²) in [6.45, 7) is 4.18. The lowest BCUT2D eigenvalue weighted by molar-refractivity contribution is 0.284. The highest BCUT2D eigenvalue weighted by molar-refractivity contribution is 7.71. The molecule has 0 spiro atoms. The van der Waals surface area contributed by atoms with Gasteiger partial charge in [0.05, 0.1) is 23.4 Å². The van der Waals surface area contributed by atoms with Crippen LogP contribution in [0.15, 0.2) is 35.4 Å². The van der Waals surface area contributed by atoms with Gasteiger partial charge in [0.25, 0.3) is 0 Å². The van der Waals surface area contributed by atoms with Gasteiger partial charge in [0.2, 0.25) is 4.77 Å². The highest BCUT2D eigenvalue weighted by Gasteiger charge is 2.13. The van der Waals surface area contributed by atoms with Gasteiger partial charge in [-0.3, -0.25) is 5.10 Å². The summed E-state index contributed by atoms with van der Waals surface area (Å²) in [7, 11) is 1.56. The van der Waals surface area contributed by atoms with E-state index in [4.69, 9.17) is 56.5 Å². The Bertz CT molecular complexity index is 1140. The third-order valence-electron chi connectivity index (χ3n) is 4.21. The number of H-pyrrole nitrogens is 1. The molecule has 2 aromatic carbocycles. The van der Waals surface area contributed by atoms with Gasteiger partial charge in [-0.05, 0) is 48.1 Å². The molecule has 3 aromatic rings. The molecule has 0 aliphatic rings. The second-order valence-corrected chi connectivity index (χ2v) is 8.20.